The van der Waals surface area contributed by atoms with Crippen molar-refractivity contribution in [2.24, 2.45) is 0 Å². The maximum atomic E-state index is 11.8. The number of thiophene rings is 1. The molecule has 0 fully saturated rings. The standard InChI is InChI=1S/C10H18N2O2S2/c1-8(2)12-16(13,14)10-5-4-9(15-10)6-7-11-3/h4-5,8,11-12H,6-7H2,1-3H3. The first-order chi connectivity index (χ1) is 7.45. The summed E-state index contributed by atoms with van der Waals surface area (Å²) in [6.07, 6.45) is 0.859. The van der Waals surface area contributed by atoms with Gasteiger partial charge in [0.1, 0.15) is 4.21 Å². The van der Waals surface area contributed by atoms with Crippen LogP contribution in [0.1, 0.15) is 18.7 Å². The minimum atomic E-state index is -3.32. The number of likely N-dealkylation sites (N-methyl/N-ethyl adjacent to an activating group) is 1. The van der Waals surface area contributed by atoms with Crippen molar-refractivity contribution >= 4 is 21.4 Å². The van der Waals surface area contributed by atoms with Crippen LogP contribution in [-0.4, -0.2) is 28.1 Å². The SMILES string of the molecule is CNCCc1ccc(S(=O)(=O)NC(C)C)s1. The van der Waals surface area contributed by atoms with E-state index in [9.17, 15) is 8.42 Å². The van der Waals surface area contributed by atoms with Crippen molar-refractivity contribution in [2.45, 2.75) is 30.5 Å². The van der Waals surface area contributed by atoms with Crippen LogP contribution in [0.2, 0.25) is 0 Å². The zero-order chi connectivity index (χ0) is 12.2. The molecule has 0 bridgehead atoms. The molecule has 0 atom stereocenters. The molecule has 0 unspecified atom stereocenters. The van der Waals surface area contributed by atoms with Gasteiger partial charge in [-0.1, -0.05) is 0 Å². The highest BCUT2D eigenvalue weighted by molar-refractivity contribution is 7.91. The Balaban J connectivity index is 2.77. The Morgan fingerprint density at radius 2 is 2.06 bits per heavy atom. The van der Waals surface area contributed by atoms with Crippen molar-refractivity contribution in [3.05, 3.63) is 17.0 Å². The zero-order valence-corrected chi connectivity index (χ0v) is 11.4. The summed E-state index contributed by atoms with van der Waals surface area (Å²) in [5.41, 5.74) is 0. The number of hydrogen-bond donors (Lipinski definition) is 2. The minimum Gasteiger partial charge on any atom is -0.319 e. The average molecular weight is 262 g/mol. The topological polar surface area (TPSA) is 58.2 Å². The normalized spacial score (nSPS) is 12.2. The summed E-state index contributed by atoms with van der Waals surface area (Å²) in [6.45, 7) is 4.48. The lowest BCUT2D eigenvalue weighted by Crippen LogP contribution is -2.29. The molecule has 6 heteroatoms. The van der Waals surface area contributed by atoms with Gasteiger partial charge in [-0.05, 0) is 46.0 Å². The van der Waals surface area contributed by atoms with Crippen LogP contribution in [0, 0.1) is 0 Å². The molecule has 0 aliphatic heterocycles. The molecular weight excluding hydrogens is 244 g/mol. The Labute approximate surface area is 101 Å². The molecule has 0 aliphatic rings. The van der Waals surface area contributed by atoms with Crippen LogP contribution in [0.5, 0.6) is 0 Å². The number of nitrogens with one attached hydrogen (secondary N) is 2. The van der Waals surface area contributed by atoms with Crippen LogP contribution in [0.4, 0.5) is 0 Å². The van der Waals surface area contributed by atoms with Crippen LogP contribution in [0.3, 0.4) is 0 Å². The highest BCUT2D eigenvalue weighted by atomic mass is 32.2. The molecule has 0 aromatic carbocycles. The van der Waals surface area contributed by atoms with E-state index >= 15 is 0 Å². The lowest BCUT2D eigenvalue weighted by atomic mass is 10.3. The van der Waals surface area contributed by atoms with E-state index in [2.05, 4.69) is 10.0 Å². The Morgan fingerprint density at radius 3 is 2.62 bits per heavy atom. The molecule has 1 rings (SSSR count). The molecule has 4 nitrogen and oxygen atoms in total. The van der Waals surface area contributed by atoms with Gasteiger partial charge in [-0.2, -0.15) is 0 Å². The largest absolute Gasteiger partial charge is 0.319 e. The third kappa shape index (κ3) is 3.86. The first-order valence-electron chi connectivity index (χ1n) is 5.21. The van der Waals surface area contributed by atoms with Crippen molar-refractivity contribution < 1.29 is 8.42 Å². The molecule has 0 radical (unpaired) electrons. The predicted octanol–water partition coefficient (Wildman–Crippen LogP) is 1.20. The summed E-state index contributed by atoms with van der Waals surface area (Å²) in [5, 5.41) is 3.04. The monoisotopic (exact) mass is 262 g/mol. The van der Waals surface area contributed by atoms with Gasteiger partial charge in [0.2, 0.25) is 10.0 Å². The van der Waals surface area contributed by atoms with E-state index < -0.39 is 10.0 Å². The average Bonchev–Trinajstić information content (AvgIpc) is 2.61. The number of rotatable bonds is 6. The van der Waals surface area contributed by atoms with E-state index in [1.165, 1.54) is 11.3 Å². The fourth-order valence-electron chi connectivity index (χ4n) is 1.25. The summed E-state index contributed by atoms with van der Waals surface area (Å²) >= 11 is 1.33. The van der Waals surface area contributed by atoms with Gasteiger partial charge in [-0.3, -0.25) is 0 Å². The summed E-state index contributed by atoms with van der Waals surface area (Å²) < 4.78 is 26.6. The van der Waals surface area contributed by atoms with Gasteiger partial charge < -0.3 is 5.32 Å². The number of hydrogen-bond acceptors (Lipinski definition) is 4. The maximum Gasteiger partial charge on any atom is 0.250 e. The van der Waals surface area contributed by atoms with Crippen molar-refractivity contribution in [1.82, 2.24) is 10.0 Å². The predicted molar refractivity (Wildman–Crippen MR) is 67.4 cm³/mol. The highest BCUT2D eigenvalue weighted by Gasteiger charge is 2.17. The van der Waals surface area contributed by atoms with Gasteiger partial charge in [0, 0.05) is 10.9 Å². The molecule has 0 spiro atoms. The fraction of sp³-hybridized carbons (Fsp3) is 0.600. The van der Waals surface area contributed by atoms with E-state index in [-0.39, 0.29) is 6.04 Å². The summed E-state index contributed by atoms with van der Waals surface area (Å²) in [7, 11) is -1.44. The van der Waals surface area contributed by atoms with Crippen molar-refractivity contribution in [1.29, 1.82) is 0 Å². The van der Waals surface area contributed by atoms with Gasteiger partial charge >= 0.3 is 0 Å². The minimum absolute atomic E-state index is 0.0761. The molecule has 0 amide bonds. The maximum absolute atomic E-state index is 11.8. The summed E-state index contributed by atoms with van der Waals surface area (Å²) in [5.74, 6) is 0. The highest BCUT2D eigenvalue weighted by Crippen LogP contribution is 2.21. The second-order valence-corrected chi connectivity index (χ2v) is 6.96. The van der Waals surface area contributed by atoms with E-state index in [0.717, 1.165) is 17.8 Å². The molecule has 16 heavy (non-hydrogen) atoms. The summed E-state index contributed by atoms with van der Waals surface area (Å²) in [4.78, 5) is 1.08. The molecule has 1 aromatic heterocycles. The molecule has 0 saturated heterocycles. The Bertz CT molecular complexity index is 424. The van der Waals surface area contributed by atoms with E-state index in [1.807, 2.05) is 27.0 Å². The Kier molecular flexibility index (Phi) is 4.91. The number of sulfonamides is 1. The molecule has 2 N–H and O–H groups in total. The third-order valence-corrected chi connectivity index (χ3v) is 5.21. The molecule has 0 aliphatic carbocycles. The molecule has 92 valence electrons. The molecule has 1 aromatic rings. The lowest BCUT2D eigenvalue weighted by molar-refractivity contribution is 0.572. The van der Waals surface area contributed by atoms with Crippen LogP contribution in [0.25, 0.3) is 0 Å². The van der Waals surface area contributed by atoms with Crippen LogP contribution in [0.15, 0.2) is 16.3 Å². The van der Waals surface area contributed by atoms with E-state index in [0.29, 0.717) is 4.21 Å². The zero-order valence-electron chi connectivity index (χ0n) is 9.78. The summed E-state index contributed by atoms with van der Waals surface area (Å²) in [6, 6.07) is 3.46. The molecule has 0 saturated carbocycles. The van der Waals surface area contributed by atoms with Gasteiger partial charge in [0.05, 0.1) is 0 Å². The first kappa shape index (κ1) is 13.6. The van der Waals surface area contributed by atoms with Crippen LogP contribution in [-0.2, 0) is 16.4 Å². The van der Waals surface area contributed by atoms with Gasteiger partial charge in [0.25, 0.3) is 0 Å². The lowest BCUT2D eigenvalue weighted by Gasteiger charge is -2.06. The fourth-order valence-corrected chi connectivity index (χ4v) is 3.88. The van der Waals surface area contributed by atoms with Crippen LogP contribution >= 0.6 is 11.3 Å². The van der Waals surface area contributed by atoms with Gasteiger partial charge in [-0.15, -0.1) is 11.3 Å². The van der Waals surface area contributed by atoms with E-state index in [1.54, 1.807) is 6.07 Å². The van der Waals surface area contributed by atoms with Gasteiger partial charge in [-0.25, -0.2) is 13.1 Å². The Morgan fingerprint density at radius 1 is 1.38 bits per heavy atom. The second kappa shape index (κ2) is 5.77. The Hall–Kier alpha value is -0.430. The quantitative estimate of drug-likeness (QED) is 0.810. The van der Waals surface area contributed by atoms with Crippen molar-refractivity contribution in [3.63, 3.8) is 0 Å². The van der Waals surface area contributed by atoms with Crippen molar-refractivity contribution in [2.75, 3.05) is 13.6 Å². The first-order valence-corrected chi connectivity index (χ1v) is 7.51. The van der Waals surface area contributed by atoms with E-state index in [4.69, 9.17) is 0 Å². The third-order valence-electron chi connectivity index (χ3n) is 1.91. The van der Waals surface area contributed by atoms with Gasteiger partial charge in [0.15, 0.2) is 0 Å². The van der Waals surface area contributed by atoms with Crippen LogP contribution < -0.4 is 10.0 Å². The smallest absolute Gasteiger partial charge is 0.250 e. The second-order valence-electron chi connectivity index (χ2n) is 3.85. The molecular formula is C10H18N2O2S2. The molecule has 1 heterocycles. The van der Waals surface area contributed by atoms with Crippen molar-refractivity contribution in [3.8, 4) is 0 Å².